The zero-order valence-corrected chi connectivity index (χ0v) is 16.9. The molecule has 5 heteroatoms. The molecular weight excluding hydrogens is 399 g/mol. The average Bonchev–Trinajstić information content (AvgIpc) is 2.44. The number of hydrogen-bond acceptors (Lipinski definition) is 2. The Labute approximate surface area is 157 Å². The standard InChI is InChI=1S/C18H30N4.HI/c1-14(2)22(3)13-17-10-5-4-9-16(17)12-21-18(19)20-11-15-7-6-8-15;/h4-5,9-10,14-15H,6-8,11-13H2,1-3H3,(H3,19,20,21);1H. The zero-order valence-electron chi connectivity index (χ0n) is 14.6. The Balaban J connectivity index is 0.00000264. The van der Waals surface area contributed by atoms with Gasteiger partial charge in [-0.1, -0.05) is 30.7 Å². The number of halogens is 1. The average molecular weight is 430 g/mol. The minimum atomic E-state index is 0. The third kappa shape index (κ3) is 6.67. The van der Waals surface area contributed by atoms with Crippen LogP contribution in [0.4, 0.5) is 0 Å². The summed E-state index contributed by atoms with van der Waals surface area (Å²) < 4.78 is 0. The second kappa shape index (κ2) is 10.1. The molecule has 1 aliphatic carbocycles. The van der Waals surface area contributed by atoms with Crippen LogP contribution in [0.5, 0.6) is 0 Å². The van der Waals surface area contributed by atoms with Crippen LogP contribution in [0.1, 0.15) is 44.2 Å². The Bertz CT molecular complexity index is 498. The predicted molar refractivity (Wildman–Crippen MR) is 109 cm³/mol. The summed E-state index contributed by atoms with van der Waals surface area (Å²) in [5, 5.41) is 3.25. The third-order valence-corrected chi connectivity index (χ3v) is 4.64. The summed E-state index contributed by atoms with van der Waals surface area (Å²) in [6, 6.07) is 9.02. The molecule has 3 N–H and O–H groups in total. The molecule has 0 aliphatic heterocycles. The second-order valence-corrected chi connectivity index (χ2v) is 6.66. The molecule has 0 heterocycles. The van der Waals surface area contributed by atoms with Gasteiger partial charge in [-0.25, -0.2) is 4.99 Å². The molecular formula is C18H31IN4. The third-order valence-electron chi connectivity index (χ3n) is 4.64. The maximum absolute atomic E-state index is 5.98. The minimum absolute atomic E-state index is 0. The first-order valence-corrected chi connectivity index (χ1v) is 8.37. The topological polar surface area (TPSA) is 53.6 Å². The summed E-state index contributed by atoms with van der Waals surface area (Å²) in [5.74, 6) is 1.36. The van der Waals surface area contributed by atoms with Crippen LogP contribution in [0.25, 0.3) is 0 Å². The van der Waals surface area contributed by atoms with Gasteiger partial charge in [0.05, 0.1) is 6.54 Å². The van der Waals surface area contributed by atoms with E-state index in [0.717, 1.165) is 19.0 Å². The van der Waals surface area contributed by atoms with Crippen LogP contribution in [0.15, 0.2) is 29.3 Å². The van der Waals surface area contributed by atoms with E-state index in [9.17, 15) is 0 Å². The van der Waals surface area contributed by atoms with E-state index in [1.54, 1.807) is 0 Å². The molecule has 0 aromatic heterocycles. The van der Waals surface area contributed by atoms with Gasteiger partial charge in [0.15, 0.2) is 5.96 Å². The van der Waals surface area contributed by atoms with Crippen LogP contribution in [0.3, 0.4) is 0 Å². The molecule has 1 aromatic rings. The van der Waals surface area contributed by atoms with Gasteiger partial charge >= 0.3 is 0 Å². The van der Waals surface area contributed by atoms with Gasteiger partial charge in [0.1, 0.15) is 0 Å². The SMILES string of the molecule is CC(C)N(C)Cc1ccccc1CN=C(N)NCC1CCC1.I. The van der Waals surface area contributed by atoms with Gasteiger partial charge in [-0.3, -0.25) is 4.90 Å². The normalized spacial score (nSPS) is 15.4. The van der Waals surface area contributed by atoms with Gasteiger partial charge in [-0.2, -0.15) is 0 Å². The molecule has 0 bridgehead atoms. The van der Waals surface area contributed by atoms with Crippen LogP contribution >= 0.6 is 24.0 Å². The summed E-state index contributed by atoms with van der Waals surface area (Å²) in [6.45, 7) is 6.98. The van der Waals surface area contributed by atoms with Crippen LogP contribution in [-0.2, 0) is 13.1 Å². The summed E-state index contributed by atoms with van der Waals surface area (Å²) in [6.07, 6.45) is 4.01. The highest BCUT2D eigenvalue weighted by Crippen LogP contribution is 2.25. The maximum atomic E-state index is 5.98. The van der Waals surface area contributed by atoms with E-state index in [-0.39, 0.29) is 24.0 Å². The molecule has 130 valence electrons. The number of rotatable bonds is 7. The number of nitrogens with two attached hydrogens (primary N) is 1. The molecule has 0 atom stereocenters. The molecule has 2 rings (SSSR count). The highest BCUT2D eigenvalue weighted by Gasteiger charge is 2.16. The lowest BCUT2D eigenvalue weighted by Gasteiger charge is -2.25. The van der Waals surface area contributed by atoms with Gasteiger partial charge in [0.2, 0.25) is 0 Å². The van der Waals surface area contributed by atoms with Crippen molar-refractivity contribution >= 4 is 29.9 Å². The van der Waals surface area contributed by atoms with Crippen molar-refractivity contribution in [1.82, 2.24) is 10.2 Å². The van der Waals surface area contributed by atoms with E-state index in [1.165, 1.54) is 30.4 Å². The van der Waals surface area contributed by atoms with Crippen LogP contribution in [0.2, 0.25) is 0 Å². The van der Waals surface area contributed by atoms with Gasteiger partial charge in [0.25, 0.3) is 0 Å². The Morgan fingerprint density at radius 2 is 1.96 bits per heavy atom. The van der Waals surface area contributed by atoms with Crippen molar-refractivity contribution in [3.05, 3.63) is 35.4 Å². The molecule has 1 aromatic carbocycles. The molecule has 23 heavy (non-hydrogen) atoms. The van der Waals surface area contributed by atoms with Gasteiger partial charge in [0, 0.05) is 19.1 Å². The highest BCUT2D eigenvalue weighted by molar-refractivity contribution is 14.0. The molecule has 4 nitrogen and oxygen atoms in total. The fraction of sp³-hybridized carbons (Fsp3) is 0.611. The fourth-order valence-electron chi connectivity index (χ4n) is 2.49. The first-order valence-electron chi connectivity index (χ1n) is 8.37. The summed E-state index contributed by atoms with van der Waals surface area (Å²) in [7, 11) is 2.15. The summed E-state index contributed by atoms with van der Waals surface area (Å²) in [4.78, 5) is 6.84. The van der Waals surface area contributed by atoms with Gasteiger partial charge in [-0.15, -0.1) is 24.0 Å². The number of nitrogens with zero attached hydrogens (tertiary/aromatic N) is 2. The molecule has 0 amide bonds. The van der Waals surface area contributed by atoms with Crippen molar-refractivity contribution in [3.8, 4) is 0 Å². The number of nitrogens with one attached hydrogen (secondary N) is 1. The maximum Gasteiger partial charge on any atom is 0.188 e. The number of aliphatic imine (C=N–C) groups is 1. The van der Waals surface area contributed by atoms with E-state index < -0.39 is 0 Å². The molecule has 1 aliphatic rings. The lowest BCUT2D eigenvalue weighted by atomic mass is 9.85. The molecule has 0 spiro atoms. The van der Waals surface area contributed by atoms with Gasteiger partial charge in [-0.05, 0) is 50.8 Å². The minimum Gasteiger partial charge on any atom is -0.370 e. The summed E-state index contributed by atoms with van der Waals surface area (Å²) in [5.41, 5.74) is 8.56. The molecule has 1 saturated carbocycles. The zero-order chi connectivity index (χ0) is 15.9. The Hall–Kier alpha value is -0.820. The Morgan fingerprint density at radius 3 is 2.52 bits per heavy atom. The molecule has 1 fully saturated rings. The number of guanidine groups is 1. The largest absolute Gasteiger partial charge is 0.370 e. The van der Waals surface area contributed by atoms with Crippen molar-refractivity contribution in [2.45, 2.75) is 52.2 Å². The van der Waals surface area contributed by atoms with E-state index in [2.05, 4.69) is 60.4 Å². The fourth-order valence-corrected chi connectivity index (χ4v) is 2.49. The lowest BCUT2D eigenvalue weighted by molar-refractivity contribution is 0.265. The number of hydrogen-bond donors (Lipinski definition) is 2. The Kier molecular flexibility index (Phi) is 8.91. The van der Waals surface area contributed by atoms with Crippen molar-refractivity contribution in [3.63, 3.8) is 0 Å². The van der Waals surface area contributed by atoms with E-state index in [0.29, 0.717) is 18.5 Å². The van der Waals surface area contributed by atoms with Crippen LogP contribution in [-0.4, -0.2) is 30.5 Å². The predicted octanol–water partition coefficient (Wildman–Crippen LogP) is 3.35. The Morgan fingerprint density at radius 1 is 1.30 bits per heavy atom. The van der Waals surface area contributed by atoms with E-state index in [1.807, 2.05) is 0 Å². The molecule has 0 saturated heterocycles. The molecule has 0 radical (unpaired) electrons. The second-order valence-electron chi connectivity index (χ2n) is 6.66. The van der Waals surface area contributed by atoms with Crippen molar-refractivity contribution in [1.29, 1.82) is 0 Å². The first-order chi connectivity index (χ1) is 10.6. The van der Waals surface area contributed by atoms with Crippen LogP contribution in [0, 0.1) is 5.92 Å². The smallest absolute Gasteiger partial charge is 0.188 e. The van der Waals surface area contributed by atoms with Gasteiger partial charge < -0.3 is 11.1 Å². The van der Waals surface area contributed by atoms with Crippen molar-refractivity contribution < 1.29 is 0 Å². The number of benzene rings is 1. The quantitative estimate of drug-likeness (QED) is 0.396. The van der Waals surface area contributed by atoms with Crippen molar-refractivity contribution in [2.75, 3.05) is 13.6 Å². The van der Waals surface area contributed by atoms with E-state index in [4.69, 9.17) is 5.73 Å². The monoisotopic (exact) mass is 430 g/mol. The summed E-state index contributed by atoms with van der Waals surface area (Å²) >= 11 is 0. The highest BCUT2D eigenvalue weighted by atomic mass is 127. The van der Waals surface area contributed by atoms with E-state index >= 15 is 0 Å². The first kappa shape index (κ1) is 20.2. The van der Waals surface area contributed by atoms with Crippen LogP contribution < -0.4 is 11.1 Å². The lowest BCUT2D eigenvalue weighted by Crippen LogP contribution is -2.37. The molecule has 0 unspecified atom stereocenters. The van der Waals surface area contributed by atoms with Crippen molar-refractivity contribution in [2.24, 2.45) is 16.6 Å².